The summed E-state index contributed by atoms with van der Waals surface area (Å²) in [6.45, 7) is 4.89. The fourth-order valence-electron chi connectivity index (χ4n) is 3.42. The molecular formula is C17H27FN2. The van der Waals surface area contributed by atoms with Crippen molar-refractivity contribution in [2.75, 3.05) is 13.1 Å². The Hall–Kier alpha value is -0.930. The molecule has 0 unspecified atom stereocenters. The lowest BCUT2D eigenvalue weighted by Gasteiger charge is -2.46. The van der Waals surface area contributed by atoms with Gasteiger partial charge >= 0.3 is 0 Å². The molecule has 0 heterocycles. The van der Waals surface area contributed by atoms with Gasteiger partial charge in [0.05, 0.1) is 0 Å². The molecule has 1 aromatic rings. The highest BCUT2D eigenvalue weighted by Crippen LogP contribution is 2.34. The molecule has 0 atom stereocenters. The molecular weight excluding hydrogens is 251 g/mol. The first kappa shape index (κ1) is 15.5. The standard InChI is InChI=1S/C17H27FN2/c1-2-12-20(13-15-6-8-16(18)9-7-15)17(14-19)10-4-3-5-11-17/h6-9H,2-5,10-14,19H2,1H3. The van der Waals surface area contributed by atoms with E-state index in [2.05, 4.69) is 11.8 Å². The quantitative estimate of drug-likeness (QED) is 0.859. The van der Waals surface area contributed by atoms with Gasteiger partial charge in [-0.3, -0.25) is 4.90 Å². The van der Waals surface area contributed by atoms with Crippen molar-refractivity contribution in [2.45, 2.75) is 57.5 Å². The number of halogens is 1. The molecule has 2 N–H and O–H groups in total. The molecule has 3 heteroatoms. The van der Waals surface area contributed by atoms with Crippen molar-refractivity contribution in [2.24, 2.45) is 5.73 Å². The van der Waals surface area contributed by atoms with Gasteiger partial charge in [-0.25, -0.2) is 4.39 Å². The van der Waals surface area contributed by atoms with Crippen molar-refractivity contribution >= 4 is 0 Å². The summed E-state index contributed by atoms with van der Waals surface area (Å²) < 4.78 is 13.0. The summed E-state index contributed by atoms with van der Waals surface area (Å²) >= 11 is 0. The van der Waals surface area contributed by atoms with E-state index in [1.807, 2.05) is 12.1 Å². The molecule has 0 aliphatic heterocycles. The van der Waals surface area contributed by atoms with Crippen LogP contribution < -0.4 is 5.73 Å². The second-order valence-corrected chi connectivity index (χ2v) is 6.04. The zero-order chi connectivity index (χ0) is 14.4. The molecule has 1 aliphatic carbocycles. The smallest absolute Gasteiger partial charge is 0.123 e. The van der Waals surface area contributed by atoms with Gasteiger partial charge in [0.2, 0.25) is 0 Å². The summed E-state index contributed by atoms with van der Waals surface area (Å²) in [5.74, 6) is -0.165. The van der Waals surface area contributed by atoms with Gasteiger partial charge in [-0.1, -0.05) is 38.3 Å². The van der Waals surface area contributed by atoms with E-state index >= 15 is 0 Å². The summed E-state index contributed by atoms with van der Waals surface area (Å²) in [4.78, 5) is 2.54. The van der Waals surface area contributed by atoms with Crippen LogP contribution >= 0.6 is 0 Å². The van der Waals surface area contributed by atoms with E-state index in [0.29, 0.717) is 0 Å². The fourth-order valence-corrected chi connectivity index (χ4v) is 3.42. The molecule has 112 valence electrons. The highest BCUT2D eigenvalue weighted by molar-refractivity contribution is 5.16. The number of nitrogens with zero attached hydrogens (tertiary/aromatic N) is 1. The molecule has 0 bridgehead atoms. The molecule has 2 nitrogen and oxygen atoms in total. The first-order valence-corrected chi connectivity index (χ1v) is 7.90. The van der Waals surface area contributed by atoms with Crippen LogP contribution in [0.3, 0.4) is 0 Å². The number of hydrogen-bond acceptors (Lipinski definition) is 2. The topological polar surface area (TPSA) is 29.3 Å². The van der Waals surface area contributed by atoms with E-state index in [1.165, 1.54) is 37.7 Å². The lowest BCUT2D eigenvalue weighted by Crippen LogP contribution is -2.54. The molecule has 0 saturated heterocycles. The van der Waals surface area contributed by atoms with Crippen molar-refractivity contribution in [3.63, 3.8) is 0 Å². The van der Waals surface area contributed by atoms with Crippen LogP contribution in [0, 0.1) is 5.82 Å². The fraction of sp³-hybridized carbons (Fsp3) is 0.647. The van der Waals surface area contributed by atoms with Crippen LogP contribution in [-0.2, 0) is 6.54 Å². The lowest BCUT2D eigenvalue weighted by molar-refractivity contribution is 0.0495. The van der Waals surface area contributed by atoms with Crippen molar-refractivity contribution in [1.29, 1.82) is 0 Å². The zero-order valence-electron chi connectivity index (χ0n) is 12.6. The van der Waals surface area contributed by atoms with E-state index < -0.39 is 0 Å². The average molecular weight is 278 g/mol. The van der Waals surface area contributed by atoms with Gasteiger partial charge in [-0.2, -0.15) is 0 Å². The van der Waals surface area contributed by atoms with Gasteiger partial charge in [0, 0.05) is 18.6 Å². The second kappa shape index (κ2) is 7.19. The Bertz CT molecular complexity index is 396. The van der Waals surface area contributed by atoms with Crippen LogP contribution in [0.1, 0.15) is 51.0 Å². The minimum atomic E-state index is -0.165. The minimum Gasteiger partial charge on any atom is -0.329 e. The maximum atomic E-state index is 13.0. The van der Waals surface area contributed by atoms with Crippen molar-refractivity contribution in [3.05, 3.63) is 35.6 Å². The van der Waals surface area contributed by atoms with Gasteiger partial charge in [0.25, 0.3) is 0 Å². The molecule has 0 spiro atoms. The highest BCUT2D eigenvalue weighted by Gasteiger charge is 2.36. The summed E-state index contributed by atoms with van der Waals surface area (Å²) in [5.41, 5.74) is 7.48. The average Bonchev–Trinajstić information content (AvgIpc) is 2.49. The van der Waals surface area contributed by atoms with Crippen LogP contribution in [0.5, 0.6) is 0 Å². The van der Waals surface area contributed by atoms with Crippen molar-refractivity contribution < 1.29 is 4.39 Å². The summed E-state index contributed by atoms with van der Waals surface area (Å²) in [6, 6.07) is 6.89. The highest BCUT2D eigenvalue weighted by atomic mass is 19.1. The van der Waals surface area contributed by atoms with Crippen LogP contribution in [0.15, 0.2) is 24.3 Å². The third-order valence-electron chi connectivity index (χ3n) is 4.62. The molecule has 0 amide bonds. The Labute approximate surface area is 122 Å². The molecule has 0 aromatic heterocycles. The zero-order valence-corrected chi connectivity index (χ0v) is 12.6. The molecule has 1 aromatic carbocycles. The van der Waals surface area contributed by atoms with Crippen LogP contribution in [-0.4, -0.2) is 23.5 Å². The van der Waals surface area contributed by atoms with Crippen molar-refractivity contribution in [3.8, 4) is 0 Å². The van der Waals surface area contributed by atoms with Gasteiger partial charge in [0.15, 0.2) is 0 Å². The number of rotatable bonds is 6. The molecule has 1 fully saturated rings. The Balaban J connectivity index is 2.14. The Morgan fingerprint density at radius 3 is 2.35 bits per heavy atom. The van der Waals surface area contributed by atoms with Crippen molar-refractivity contribution in [1.82, 2.24) is 4.90 Å². The maximum absolute atomic E-state index is 13.0. The monoisotopic (exact) mass is 278 g/mol. The van der Waals surface area contributed by atoms with E-state index in [9.17, 15) is 4.39 Å². The normalized spacial score (nSPS) is 18.4. The predicted octanol–water partition coefficient (Wildman–Crippen LogP) is 3.70. The largest absolute Gasteiger partial charge is 0.329 e. The maximum Gasteiger partial charge on any atom is 0.123 e. The van der Waals surface area contributed by atoms with E-state index in [1.54, 1.807) is 12.1 Å². The molecule has 0 radical (unpaired) electrons. The summed E-state index contributed by atoms with van der Waals surface area (Å²) in [5, 5.41) is 0. The minimum absolute atomic E-state index is 0.155. The summed E-state index contributed by atoms with van der Waals surface area (Å²) in [6.07, 6.45) is 7.41. The third-order valence-corrected chi connectivity index (χ3v) is 4.62. The van der Waals surface area contributed by atoms with Gasteiger partial charge in [-0.15, -0.1) is 0 Å². The SMILES string of the molecule is CCCN(Cc1ccc(F)cc1)C1(CN)CCCCC1. The number of nitrogens with two attached hydrogens (primary N) is 1. The van der Waals surface area contributed by atoms with Gasteiger partial charge in [0.1, 0.15) is 5.82 Å². The van der Waals surface area contributed by atoms with Crippen LogP contribution in [0.2, 0.25) is 0 Å². The van der Waals surface area contributed by atoms with Crippen LogP contribution in [0.4, 0.5) is 4.39 Å². The third kappa shape index (κ3) is 3.58. The Morgan fingerprint density at radius 1 is 1.15 bits per heavy atom. The summed E-state index contributed by atoms with van der Waals surface area (Å²) in [7, 11) is 0. The molecule has 1 saturated carbocycles. The lowest BCUT2D eigenvalue weighted by atomic mass is 9.80. The first-order chi connectivity index (χ1) is 9.70. The Morgan fingerprint density at radius 2 is 1.80 bits per heavy atom. The van der Waals surface area contributed by atoms with Gasteiger partial charge in [-0.05, 0) is 43.5 Å². The predicted molar refractivity (Wildman–Crippen MR) is 82.0 cm³/mol. The van der Waals surface area contributed by atoms with Gasteiger partial charge < -0.3 is 5.73 Å². The Kier molecular flexibility index (Phi) is 5.55. The molecule has 20 heavy (non-hydrogen) atoms. The molecule has 2 rings (SSSR count). The van der Waals surface area contributed by atoms with E-state index in [4.69, 9.17) is 5.73 Å². The number of benzene rings is 1. The van der Waals surface area contributed by atoms with E-state index in [0.717, 1.165) is 26.1 Å². The first-order valence-electron chi connectivity index (χ1n) is 7.90. The molecule has 1 aliphatic rings. The number of hydrogen-bond donors (Lipinski definition) is 1. The second-order valence-electron chi connectivity index (χ2n) is 6.04. The van der Waals surface area contributed by atoms with E-state index in [-0.39, 0.29) is 11.4 Å². The van der Waals surface area contributed by atoms with Crippen LogP contribution in [0.25, 0.3) is 0 Å².